The normalized spacial score (nSPS) is 11.4. The highest BCUT2D eigenvalue weighted by atomic mass is 35.5. The number of primary sulfonamides is 1. The van der Waals surface area contributed by atoms with Crippen molar-refractivity contribution >= 4 is 38.9 Å². The third kappa shape index (κ3) is 3.59. The summed E-state index contributed by atoms with van der Waals surface area (Å²) in [5.74, 6) is 0.677. The average Bonchev–Trinajstić information content (AvgIpc) is 2.36. The van der Waals surface area contributed by atoms with Crippen LogP contribution in [0.5, 0.6) is 11.5 Å². The molecule has 0 heterocycles. The largest absolute Gasteiger partial charge is 0.457 e. The van der Waals surface area contributed by atoms with E-state index >= 15 is 0 Å². The zero-order valence-electron chi connectivity index (χ0n) is 10.9. The molecule has 0 saturated carbocycles. The number of hydrogen-bond acceptors (Lipinski definition) is 4. The van der Waals surface area contributed by atoms with Crippen molar-refractivity contribution in [2.75, 3.05) is 5.73 Å². The summed E-state index contributed by atoms with van der Waals surface area (Å²) in [6.07, 6.45) is 0. The van der Waals surface area contributed by atoms with Crippen molar-refractivity contribution in [2.24, 2.45) is 5.14 Å². The number of rotatable bonds is 3. The van der Waals surface area contributed by atoms with Gasteiger partial charge in [0.2, 0.25) is 10.0 Å². The van der Waals surface area contributed by atoms with E-state index in [1.807, 2.05) is 0 Å². The molecule has 5 nitrogen and oxygen atoms in total. The number of ether oxygens (including phenoxy) is 1. The van der Waals surface area contributed by atoms with E-state index in [0.29, 0.717) is 21.4 Å². The number of nitrogens with two attached hydrogens (primary N) is 2. The standard InChI is InChI=1S/C13H12Cl2N2O3S/c1-7-12(4-8(16)5-13(7)21(17,18)19)20-9-2-3-10(14)11(15)6-9/h2-6H,16H2,1H3,(H2,17,18,19). The van der Waals surface area contributed by atoms with E-state index in [0.717, 1.165) is 0 Å². The summed E-state index contributed by atoms with van der Waals surface area (Å²) in [5, 5.41) is 5.86. The van der Waals surface area contributed by atoms with Gasteiger partial charge in [-0.1, -0.05) is 23.2 Å². The highest BCUT2D eigenvalue weighted by molar-refractivity contribution is 7.89. The quantitative estimate of drug-likeness (QED) is 0.833. The van der Waals surface area contributed by atoms with Crippen molar-refractivity contribution in [2.45, 2.75) is 11.8 Å². The Morgan fingerprint density at radius 1 is 1.10 bits per heavy atom. The second kappa shape index (κ2) is 5.73. The second-order valence-corrected chi connectivity index (χ2v) is 6.71. The Kier molecular flexibility index (Phi) is 4.34. The van der Waals surface area contributed by atoms with E-state index < -0.39 is 10.0 Å². The van der Waals surface area contributed by atoms with Crippen molar-refractivity contribution in [3.63, 3.8) is 0 Å². The van der Waals surface area contributed by atoms with Gasteiger partial charge in [0.25, 0.3) is 0 Å². The zero-order chi connectivity index (χ0) is 15.8. The Hall–Kier alpha value is -1.47. The molecule has 112 valence electrons. The van der Waals surface area contributed by atoms with Crippen LogP contribution in [0.2, 0.25) is 10.0 Å². The van der Waals surface area contributed by atoms with Crippen LogP contribution in [-0.2, 0) is 10.0 Å². The minimum absolute atomic E-state index is 0.0856. The van der Waals surface area contributed by atoms with Crippen LogP contribution in [0.3, 0.4) is 0 Å². The van der Waals surface area contributed by atoms with E-state index in [-0.39, 0.29) is 16.3 Å². The van der Waals surface area contributed by atoms with Crippen LogP contribution >= 0.6 is 23.2 Å². The maximum Gasteiger partial charge on any atom is 0.238 e. The van der Waals surface area contributed by atoms with Crippen LogP contribution in [0.15, 0.2) is 35.2 Å². The molecule has 0 amide bonds. The molecule has 4 N–H and O–H groups in total. The average molecular weight is 347 g/mol. The first-order chi connectivity index (χ1) is 9.68. The van der Waals surface area contributed by atoms with Crippen molar-refractivity contribution in [1.82, 2.24) is 0 Å². The molecule has 2 aromatic rings. The summed E-state index contributed by atoms with van der Waals surface area (Å²) in [4.78, 5) is -0.0856. The molecule has 0 spiro atoms. The predicted molar refractivity (Wildman–Crippen MR) is 83.5 cm³/mol. The summed E-state index contributed by atoms with van der Waals surface area (Å²) < 4.78 is 28.7. The van der Waals surface area contributed by atoms with Crippen molar-refractivity contribution in [3.8, 4) is 11.5 Å². The van der Waals surface area contributed by atoms with Crippen LogP contribution in [0.25, 0.3) is 0 Å². The van der Waals surface area contributed by atoms with Crippen LogP contribution in [0, 0.1) is 6.92 Å². The summed E-state index contributed by atoms with van der Waals surface area (Å²) in [6.45, 7) is 1.58. The van der Waals surface area contributed by atoms with Crippen LogP contribution in [0.4, 0.5) is 5.69 Å². The smallest absolute Gasteiger partial charge is 0.238 e. The van der Waals surface area contributed by atoms with Gasteiger partial charge in [-0.05, 0) is 25.1 Å². The highest BCUT2D eigenvalue weighted by Crippen LogP contribution is 2.34. The second-order valence-electron chi connectivity index (χ2n) is 4.37. The maximum absolute atomic E-state index is 11.5. The number of hydrogen-bond donors (Lipinski definition) is 2. The number of anilines is 1. The summed E-state index contributed by atoms with van der Waals surface area (Å²) in [6, 6.07) is 7.48. The topological polar surface area (TPSA) is 95.4 Å². The van der Waals surface area contributed by atoms with Crippen molar-refractivity contribution in [3.05, 3.63) is 45.9 Å². The first-order valence-electron chi connectivity index (χ1n) is 5.74. The first-order valence-corrected chi connectivity index (χ1v) is 8.04. The Bertz CT molecular complexity index is 807. The lowest BCUT2D eigenvalue weighted by Gasteiger charge is -2.13. The lowest BCUT2D eigenvalue weighted by molar-refractivity contribution is 0.477. The zero-order valence-corrected chi connectivity index (χ0v) is 13.3. The van der Waals surface area contributed by atoms with Crippen molar-refractivity contribution < 1.29 is 13.2 Å². The Balaban J connectivity index is 2.49. The SMILES string of the molecule is Cc1c(Oc2ccc(Cl)c(Cl)c2)cc(N)cc1S(N)(=O)=O. The molecule has 0 aromatic heterocycles. The fourth-order valence-corrected chi connectivity index (χ4v) is 2.87. The van der Waals surface area contributed by atoms with Crippen molar-refractivity contribution in [1.29, 1.82) is 0 Å². The molecular weight excluding hydrogens is 335 g/mol. The minimum atomic E-state index is -3.89. The first kappa shape index (κ1) is 15.9. The predicted octanol–water partition coefficient (Wildman–Crippen LogP) is 3.32. The van der Waals surface area contributed by atoms with Gasteiger partial charge in [-0.15, -0.1) is 0 Å². The lowest BCUT2D eigenvalue weighted by atomic mass is 10.2. The van der Waals surface area contributed by atoms with E-state index in [2.05, 4.69) is 0 Å². The number of sulfonamides is 1. The van der Waals surface area contributed by atoms with E-state index in [1.54, 1.807) is 19.1 Å². The number of nitrogen functional groups attached to an aromatic ring is 1. The fraction of sp³-hybridized carbons (Fsp3) is 0.0769. The van der Waals surface area contributed by atoms with Gasteiger partial charge >= 0.3 is 0 Å². The molecule has 8 heteroatoms. The van der Waals surface area contributed by atoms with Gasteiger partial charge in [-0.2, -0.15) is 0 Å². The molecule has 0 unspecified atom stereocenters. The minimum Gasteiger partial charge on any atom is -0.457 e. The Labute approximate surface area is 132 Å². The highest BCUT2D eigenvalue weighted by Gasteiger charge is 2.17. The van der Waals surface area contributed by atoms with Gasteiger partial charge in [0.05, 0.1) is 14.9 Å². The van der Waals surface area contributed by atoms with E-state index in [4.69, 9.17) is 38.8 Å². The molecule has 0 radical (unpaired) electrons. The van der Waals surface area contributed by atoms with E-state index in [9.17, 15) is 8.42 Å². The molecule has 2 rings (SSSR count). The fourth-order valence-electron chi connectivity index (χ4n) is 1.75. The van der Waals surface area contributed by atoms with Gasteiger partial charge in [-0.3, -0.25) is 0 Å². The molecule has 0 aliphatic carbocycles. The Morgan fingerprint density at radius 2 is 1.76 bits per heavy atom. The molecule has 0 saturated heterocycles. The molecule has 0 fully saturated rings. The molecule has 0 aliphatic heterocycles. The lowest BCUT2D eigenvalue weighted by Crippen LogP contribution is -2.14. The van der Waals surface area contributed by atoms with Gasteiger partial charge in [0, 0.05) is 23.4 Å². The summed E-state index contributed by atoms with van der Waals surface area (Å²) in [7, 11) is -3.89. The monoisotopic (exact) mass is 346 g/mol. The molecular formula is C13H12Cl2N2O3S. The number of benzene rings is 2. The molecule has 2 aromatic carbocycles. The molecule has 0 bridgehead atoms. The summed E-state index contributed by atoms with van der Waals surface area (Å²) >= 11 is 11.7. The van der Waals surface area contributed by atoms with E-state index in [1.165, 1.54) is 18.2 Å². The van der Waals surface area contributed by atoms with Gasteiger partial charge in [0.1, 0.15) is 11.5 Å². The molecule has 0 atom stereocenters. The van der Waals surface area contributed by atoms with Crippen LogP contribution in [0.1, 0.15) is 5.56 Å². The molecule has 0 aliphatic rings. The third-order valence-corrected chi connectivity index (χ3v) is 4.54. The third-order valence-electron chi connectivity index (χ3n) is 2.76. The van der Waals surface area contributed by atoms with Crippen LogP contribution in [-0.4, -0.2) is 8.42 Å². The van der Waals surface area contributed by atoms with Gasteiger partial charge in [0.15, 0.2) is 0 Å². The van der Waals surface area contributed by atoms with Gasteiger partial charge in [-0.25, -0.2) is 13.6 Å². The molecule has 21 heavy (non-hydrogen) atoms. The Morgan fingerprint density at radius 3 is 2.33 bits per heavy atom. The maximum atomic E-state index is 11.5. The van der Waals surface area contributed by atoms with Gasteiger partial charge < -0.3 is 10.5 Å². The summed E-state index contributed by atoms with van der Waals surface area (Å²) in [5.41, 5.74) is 6.27. The van der Waals surface area contributed by atoms with Crippen LogP contribution < -0.4 is 15.6 Å². The number of halogens is 2.